The Morgan fingerprint density at radius 2 is 1.93 bits per heavy atom. The van der Waals surface area contributed by atoms with Crippen molar-refractivity contribution in [3.63, 3.8) is 0 Å². The van der Waals surface area contributed by atoms with Gasteiger partial charge in [-0.2, -0.15) is 0 Å². The van der Waals surface area contributed by atoms with Crippen LogP contribution in [-0.4, -0.2) is 45.6 Å². The van der Waals surface area contributed by atoms with Crippen molar-refractivity contribution in [1.29, 1.82) is 0 Å². The Morgan fingerprint density at radius 1 is 1.19 bits per heavy atom. The van der Waals surface area contributed by atoms with Gasteiger partial charge in [0, 0.05) is 27.3 Å². The molecule has 4 heterocycles. The van der Waals surface area contributed by atoms with E-state index in [9.17, 15) is 14.4 Å². The van der Waals surface area contributed by atoms with Crippen LogP contribution in [0.4, 0.5) is 5.69 Å². The predicted molar refractivity (Wildman–Crippen MR) is 103 cm³/mol. The first-order chi connectivity index (χ1) is 12.7. The fourth-order valence-corrected chi connectivity index (χ4v) is 6.20. The molecule has 0 unspecified atom stereocenters. The summed E-state index contributed by atoms with van der Waals surface area (Å²) < 4.78 is 0.862. The third kappa shape index (κ3) is 1.92. The second-order valence-corrected chi connectivity index (χ2v) is 9.92. The molecule has 27 heavy (non-hydrogen) atoms. The number of fused-ring (bicyclic) bond motifs is 7. The van der Waals surface area contributed by atoms with Crippen molar-refractivity contribution >= 4 is 39.3 Å². The van der Waals surface area contributed by atoms with Gasteiger partial charge >= 0.3 is 0 Å². The average molecular weight is 432 g/mol. The van der Waals surface area contributed by atoms with Crippen LogP contribution in [-0.2, 0) is 19.9 Å². The largest absolute Gasteiger partial charge is 0.324 e. The van der Waals surface area contributed by atoms with Crippen molar-refractivity contribution < 1.29 is 14.4 Å². The fourth-order valence-electron chi connectivity index (χ4n) is 5.84. The molecule has 5 rings (SSSR count). The van der Waals surface area contributed by atoms with Crippen LogP contribution in [0.2, 0.25) is 0 Å². The number of hydrogen-bond donors (Lipinski definition) is 1. The first kappa shape index (κ1) is 17.4. The monoisotopic (exact) mass is 431 g/mol. The van der Waals surface area contributed by atoms with Gasteiger partial charge in [0.15, 0.2) is 0 Å². The van der Waals surface area contributed by atoms with Crippen LogP contribution in [0.5, 0.6) is 0 Å². The highest BCUT2D eigenvalue weighted by Crippen LogP contribution is 2.61. The molecule has 1 aromatic carbocycles. The minimum atomic E-state index is -1.09. The van der Waals surface area contributed by atoms with E-state index in [2.05, 4.69) is 26.1 Å². The molecule has 4 atom stereocenters. The number of hydrogen-bond acceptors (Lipinski definition) is 4. The molecule has 0 radical (unpaired) electrons. The quantitative estimate of drug-likeness (QED) is 0.640. The number of halogens is 1. The number of amides is 3. The molecule has 0 aliphatic carbocycles. The van der Waals surface area contributed by atoms with E-state index >= 15 is 0 Å². The minimum Gasteiger partial charge on any atom is -0.324 e. The van der Waals surface area contributed by atoms with Crippen molar-refractivity contribution in [2.75, 3.05) is 11.9 Å². The Kier molecular flexibility index (Phi) is 3.35. The highest BCUT2D eigenvalue weighted by Gasteiger charge is 2.75. The van der Waals surface area contributed by atoms with Crippen LogP contribution < -0.4 is 5.32 Å². The Morgan fingerprint density at radius 3 is 2.63 bits per heavy atom. The molecule has 3 amide bonds. The standard InChI is InChI=1S/C20H22BrN3O3/c1-19(2,3)24-16(25)14-13-5-4-8-23(13)20(15(14)17(24)26)11-9-10(21)6-7-12(11)22-18(20)27/h6-7,9,13-15H,4-5,8H2,1-3H3,(H,22,27)/t13-,14-,15+,20-/m1/s1. The molecule has 7 heteroatoms. The summed E-state index contributed by atoms with van der Waals surface area (Å²) in [6, 6.07) is 5.62. The summed E-state index contributed by atoms with van der Waals surface area (Å²) >= 11 is 3.51. The van der Waals surface area contributed by atoms with E-state index in [1.807, 2.05) is 39.0 Å². The molecule has 142 valence electrons. The lowest BCUT2D eigenvalue weighted by molar-refractivity contribution is -0.150. The van der Waals surface area contributed by atoms with Crippen LogP contribution in [0, 0.1) is 11.8 Å². The number of carbonyl (C=O) groups is 3. The predicted octanol–water partition coefficient (Wildman–Crippen LogP) is 2.47. The number of nitrogens with zero attached hydrogens (tertiary/aromatic N) is 2. The third-order valence-corrected chi connectivity index (χ3v) is 7.12. The van der Waals surface area contributed by atoms with Crippen LogP contribution in [0.3, 0.4) is 0 Å². The van der Waals surface area contributed by atoms with E-state index in [-0.39, 0.29) is 23.8 Å². The fraction of sp³-hybridized carbons (Fsp3) is 0.550. The number of anilines is 1. The molecule has 3 saturated heterocycles. The molecule has 4 aliphatic heterocycles. The molecule has 0 aromatic heterocycles. The third-order valence-electron chi connectivity index (χ3n) is 6.63. The Hall–Kier alpha value is -1.73. The van der Waals surface area contributed by atoms with Gasteiger partial charge in [-0.15, -0.1) is 0 Å². The summed E-state index contributed by atoms with van der Waals surface area (Å²) in [6.07, 6.45) is 1.78. The lowest BCUT2D eigenvalue weighted by Crippen LogP contribution is -2.56. The normalized spacial score (nSPS) is 35.0. The second-order valence-electron chi connectivity index (χ2n) is 9.00. The lowest BCUT2D eigenvalue weighted by Gasteiger charge is -2.38. The second kappa shape index (κ2) is 5.20. The first-order valence-electron chi connectivity index (χ1n) is 9.45. The zero-order chi connectivity index (χ0) is 19.3. The molecular formula is C20H22BrN3O3. The number of likely N-dealkylation sites (tertiary alicyclic amines) is 1. The molecule has 4 aliphatic rings. The number of benzene rings is 1. The van der Waals surface area contributed by atoms with Crippen molar-refractivity contribution in [3.05, 3.63) is 28.2 Å². The van der Waals surface area contributed by atoms with E-state index in [0.717, 1.165) is 35.1 Å². The van der Waals surface area contributed by atoms with Crippen molar-refractivity contribution in [3.8, 4) is 0 Å². The number of rotatable bonds is 0. The van der Waals surface area contributed by atoms with Crippen LogP contribution >= 0.6 is 15.9 Å². The van der Waals surface area contributed by atoms with Gasteiger partial charge in [-0.1, -0.05) is 15.9 Å². The molecular weight excluding hydrogens is 410 g/mol. The van der Waals surface area contributed by atoms with Gasteiger partial charge in [-0.05, 0) is 58.4 Å². The Bertz CT molecular complexity index is 908. The maximum Gasteiger partial charge on any atom is 0.250 e. The van der Waals surface area contributed by atoms with Crippen molar-refractivity contribution in [2.45, 2.75) is 50.7 Å². The topological polar surface area (TPSA) is 69.7 Å². The molecule has 1 aromatic rings. The molecule has 0 saturated carbocycles. The zero-order valence-electron chi connectivity index (χ0n) is 15.6. The summed E-state index contributed by atoms with van der Waals surface area (Å²) in [7, 11) is 0. The number of carbonyl (C=O) groups excluding carboxylic acids is 3. The maximum absolute atomic E-state index is 13.6. The number of imide groups is 1. The number of nitrogens with one attached hydrogen (secondary N) is 1. The van der Waals surface area contributed by atoms with Gasteiger partial charge in [-0.3, -0.25) is 24.2 Å². The summed E-state index contributed by atoms with van der Waals surface area (Å²) in [4.78, 5) is 43.9. The van der Waals surface area contributed by atoms with E-state index in [1.54, 1.807) is 0 Å². The van der Waals surface area contributed by atoms with E-state index in [0.29, 0.717) is 0 Å². The molecule has 6 nitrogen and oxygen atoms in total. The van der Waals surface area contributed by atoms with Crippen LogP contribution in [0.25, 0.3) is 0 Å². The van der Waals surface area contributed by atoms with Gasteiger partial charge in [0.05, 0.1) is 11.8 Å². The summed E-state index contributed by atoms with van der Waals surface area (Å²) in [6.45, 7) is 6.36. The average Bonchev–Trinajstić information content (AvgIpc) is 3.25. The maximum atomic E-state index is 13.6. The van der Waals surface area contributed by atoms with Crippen LogP contribution in [0.15, 0.2) is 22.7 Å². The highest BCUT2D eigenvalue weighted by atomic mass is 79.9. The summed E-state index contributed by atoms with van der Waals surface area (Å²) in [5, 5.41) is 2.99. The lowest BCUT2D eigenvalue weighted by atomic mass is 9.75. The van der Waals surface area contributed by atoms with Gasteiger partial charge in [-0.25, -0.2) is 0 Å². The van der Waals surface area contributed by atoms with E-state index < -0.39 is 22.9 Å². The van der Waals surface area contributed by atoms with Gasteiger partial charge in [0.1, 0.15) is 5.54 Å². The first-order valence-corrected chi connectivity index (χ1v) is 10.2. The summed E-state index contributed by atoms with van der Waals surface area (Å²) in [5.41, 5.74) is -0.127. The van der Waals surface area contributed by atoms with E-state index in [4.69, 9.17) is 0 Å². The molecule has 3 fully saturated rings. The smallest absolute Gasteiger partial charge is 0.250 e. The van der Waals surface area contributed by atoms with Gasteiger partial charge < -0.3 is 5.32 Å². The molecule has 1 spiro atoms. The van der Waals surface area contributed by atoms with Crippen molar-refractivity contribution in [1.82, 2.24) is 9.80 Å². The zero-order valence-corrected chi connectivity index (χ0v) is 17.2. The summed E-state index contributed by atoms with van der Waals surface area (Å²) in [5.74, 6) is -1.62. The Labute approximate surface area is 166 Å². The highest BCUT2D eigenvalue weighted by molar-refractivity contribution is 9.10. The Balaban J connectivity index is 1.77. The van der Waals surface area contributed by atoms with Gasteiger partial charge in [0.2, 0.25) is 17.7 Å². The SMILES string of the molecule is CC(C)(C)N1C(=O)[C@@H]2[C@H]3CCCN3[C@@]3(C(=O)Nc4ccc(Br)cc43)[C@@H]2C1=O. The molecule has 0 bridgehead atoms. The van der Waals surface area contributed by atoms with Crippen molar-refractivity contribution in [2.24, 2.45) is 11.8 Å². The molecule has 1 N–H and O–H groups in total. The minimum absolute atomic E-state index is 0.0607. The van der Waals surface area contributed by atoms with E-state index in [1.165, 1.54) is 4.90 Å². The van der Waals surface area contributed by atoms with Gasteiger partial charge in [0.25, 0.3) is 0 Å². The van der Waals surface area contributed by atoms with Crippen LogP contribution in [0.1, 0.15) is 39.2 Å².